The van der Waals surface area contributed by atoms with E-state index >= 15 is 0 Å². The van der Waals surface area contributed by atoms with Gasteiger partial charge in [-0.3, -0.25) is 0 Å². The van der Waals surface area contributed by atoms with Crippen molar-refractivity contribution in [1.29, 1.82) is 0 Å². The lowest BCUT2D eigenvalue weighted by Crippen LogP contribution is -2.52. The Hall–Kier alpha value is -0.0400. The third-order valence-electron chi connectivity index (χ3n) is 5.67. The summed E-state index contributed by atoms with van der Waals surface area (Å²) in [5, 5.41) is 3.69. The summed E-state index contributed by atoms with van der Waals surface area (Å²) in [5.74, 6) is 4.21. The highest BCUT2D eigenvalue weighted by Crippen LogP contribution is 2.55. The molecule has 0 aromatic rings. The topological polar surface area (TPSA) is 12.0 Å². The summed E-state index contributed by atoms with van der Waals surface area (Å²) in [6.45, 7) is 2.41. The summed E-state index contributed by atoms with van der Waals surface area (Å²) in [7, 11) is 2.20. The van der Waals surface area contributed by atoms with Crippen molar-refractivity contribution in [3.8, 4) is 0 Å². The molecular weight excluding hydrogens is 182 g/mol. The van der Waals surface area contributed by atoms with Crippen molar-refractivity contribution in [3.63, 3.8) is 0 Å². The van der Waals surface area contributed by atoms with Crippen LogP contribution in [0.5, 0.6) is 0 Å². The molecule has 15 heavy (non-hydrogen) atoms. The highest BCUT2D eigenvalue weighted by atomic mass is 15.0. The minimum atomic E-state index is 0.556. The maximum absolute atomic E-state index is 3.69. The molecule has 4 fully saturated rings. The van der Waals surface area contributed by atoms with Crippen LogP contribution in [0.2, 0.25) is 0 Å². The molecule has 5 unspecified atom stereocenters. The van der Waals surface area contributed by atoms with Crippen LogP contribution in [0.1, 0.15) is 51.9 Å². The molecular formula is C14H25N. The third-order valence-corrected chi connectivity index (χ3v) is 5.67. The molecule has 4 aliphatic rings. The number of nitrogens with one attached hydrogen (secondary N) is 1. The first kappa shape index (κ1) is 10.1. The van der Waals surface area contributed by atoms with Crippen molar-refractivity contribution in [2.24, 2.45) is 23.7 Å². The van der Waals surface area contributed by atoms with E-state index in [1.54, 1.807) is 19.3 Å². The Morgan fingerprint density at radius 2 is 1.80 bits per heavy atom. The summed E-state index contributed by atoms with van der Waals surface area (Å²) in [4.78, 5) is 0. The molecule has 0 heterocycles. The predicted octanol–water partition coefficient (Wildman–Crippen LogP) is 3.20. The van der Waals surface area contributed by atoms with Crippen molar-refractivity contribution in [2.75, 3.05) is 7.05 Å². The van der Waals surface area contributed by atoms with E-state index in [-0.39, 0.29) is 0 Å². The number of hydrogen-bond acceptors (Lipinski definition) is 1. The van der Waals surface area contributed by atoms with Crippen LogP contribution < -0.4 is 5.32 Å². The summed E-state index contributed by atoms with van der Waals surface area (Å²) in [6, 6.07) is 0. The van der Waals surface area contributed by atoms with Crippen LogP contribution in [-0.2, 0) is 0 Å². The van der Waals surface area contributed by atoms with Gasteiger partial charge in [-0.25, -0.2) is 0 Å². The minimum Gasteiger partial charge on any atom is -0.314 e. The predicted molar refractivity (Wildman–Crippen MR) is 63.7 cm³/mol. The number of fused-ring (bicyclic) bond motifs is 1. The Kier molecular flexibility index (Phi) is 2.35. The van der Waals surface area contributed by atoms with Crippen molar-refractivity contribution in [3.05, 3.63) is 0 Å². The lowest BCUT2D eigenvalue weighted by molar-refractivity contribution is 0.0732. The highest BCUT2D eigenvalue weighted by molar-refractivity contribution is 5.05. The Labute approximate surface area is 94.0 Å². The first-order valence-electron chi connectivity index (χ1n) is 6.93. The highest BCUT2D eigenvalue weighted by Gasteiger charge is 2.50. The lowest BCUT2D eigenvalue weighted by Gasteiger charge is -2.48. The molecule has 5 atom stereocenters. The Morgan fingerprint density at radius 1 is 1.07 bits per heavy atom. The van der Waals surface area contributed by atoms with Crippen LogP contribution in [0.4, 0.5) is 0 Å². The SMILES string of the molecule is CCC1CC2CC3CC1CC(NC)(C2)C3. The molecule has 4 aliphatic carbocycles. The Morgan fingerprint density at radius 3 is 2.47 bits per heavy atom. The zero-order chi connectivity index (χ0) is 10.5. The molecule has 4 rings (SSSR count). The van der Waals surface area contributed by atoms with E-state index in [4.69, 9.17) is 0 Å². The largest absolute Gasteiger partial charge is 0.314 e. The van der Waals surface area contributed by atoms with Crippen LogP contribution in [0, 0.1) is 23.7 Å². The number of hydrogen-bond donors (Lipinski definition) is 1. The van der Waals surface area contributed by atoms with Gasteiger partial charge < -0.3 is 5.32 Å². The smallest absolute Gasteiger partial charge is 0.0186 e. The van der Waals surface area contributed by atoms with E-state index in [0.29, 0.717) is 5.54 Å². The van der Waals surface area contributed by atoms with Gasteiger partial charge in [0, 0.05) is 5.54 Å². The summed E-state index contributed by atoms with van der Waals surface area (Å²) >= 11 is 0. The van der Waals surface area contributed by atoms with Crippen LogP contribution in [-0.4, -0.2) is 12.6 Å². The molecule has 0 saturated heterocycles. The molecule has 0 aliphatic heterocycles. The van der Waals surface area contributed by atoms with Gasteiger partial charge in [0.2, 0.25) is 0 Å². The molecule has 1 nitrogen and oxygen atoms in total. The van der Waals surface area contributed by atoms with Gasteiger partial charge in [0.1, 0.15) is 0 Å². The normalized spacial score (nSPS) is 53.2. The van der Waals surface area contributed by atoms with E-state index in [9.17, 15) is 0 Å². The third kappa shape index (κ3) is 1.54. The fourth-order valence-electron chi connectivity index (χ4n) is 5.15. The van der Waals surface area contributed by atoms with E-state index in [2.05, 4.69) is 19.3 Å². The molecule has 1 N–H and O–H groups in total. The van der Waals surface area contributed by atoms with Gasteiger partial charge >= 0.3 is 0 Å². The fraction of sp³-hybridized carbons (Fsp3) is 1.00. The van der Waals surface area contributed by atoms with E-state index in [0.717, 1.165) is 23.7 Å². The second kappa shape index (κ2) is 3.48. The minimum absolute atomic E-state index is 0.556. The molecule has 0 radical (unpaired) electrons. The van der Waals surface area contributed by atoms with Gasteiger partial charge in [0.25, 0.3) is 0 Å². The van der Waals surface area contributed by atoms with Gasteiger partial charge in [0.15, 0.2) is 0 Å². The van der Waals surface area contributed by atoms with Crippen LogP contribution in [0.15, 0.2) is 0 Å². The maximum atomic E-state index is 3.69. The summed E-state index contributed by atoms with van der Waals surface area (Å²) < 4.78 is 0. The second-order valence-electron chi connectivity index (χ2n) is 6.51. The van der Waals surface area contributed by atoms with E-state index < -0.39 is 0 Å². The quantitative estimate of drug-likeness (QED) is 0.733. The van der Waals surface area contributed by atoms with E-state index in [1.165, 1.54) is 25.7 Å². The zero-order valence-corrected chi connectivity index (χ0v) is 10.3. The summed E-state index contributed by atoms with van der Waals surface area (Å²) in [6.07, 6.45) is 10.5. The van der Waals surface area contributed by atoms with Gasteiger partial charge in [-0.05, 0) is 69.2 Å². The molecule has 4 saturated carbocycles. The van der Waals surface area contributed by atoms with Crippen LogP contribution in [0.25, 0.3) is 0 Å². The molecule has 0 aromatic carbocycles. The van der Waals surface area contributed by atoms with Crippen molar-refractivity contribution in [1.82, 2.24) is 5.32 Å². The molecule has 4 bridgehead atoms. The average molecular weight is 207 g/mol. The van der Waals surface area contributed by atoms with Crippen LogP contribution in [0.3, 0.4) is 0 Å². The molecule has 86 valence electrons. The maximum Gasteiger partial charge on any atom is 0.0186 e. The monoisotopic (exact) mass is 207 g/mol. The molecule has 1 heteroatoms. The number of rotatable bonds is 2. The van der Waals surface area contributed by atoms with Crippen molar-refractivity contribution in [2.45, 2.75) is 57.4 Å². The molecule has 0 spiro atoms. The van der Waals surface area contributed by atoms with E-state index in [1.807, 2.05) is 0 Å². The van der Waals surface area contributed by atoms with Gasteiger partial charge in [-0.15, -0.1) is 0 Å². The first-order valence-corrected chi connectivity index (χ1v) is 6.93. The first-order chi connectivity index (χ1) is 7.24. The van der Waals surface area contributed by atoms with Crippen molar-refractivity contribution >= 4 is 0 Å². The fourth-order valence-corrected chi connectivity index (χ4v) is 5.15. The van der Waals surface area contributed by atoms with Crippen LogP contribution >= 0.6 is 0 Å². The Bertz CT molecular complexity index is 250. The zero-order valence-electron chi connectivity index (χ0n) is 10.3. The average Bonchev–Trinajstić information content (AvgIpc) is 2.41. The van der Waals surface area contributed by atoms with Gasteiger partial charge in [-0.2, -0.15) is 0 Å². The summed E-state index contributed by atoms with van der Waals surface area (Å²) in [5.41, 5.74) is 0.556. The second-order valence-corrected chi connectivity index (χ2v) is 6.51. The van der Waals surface area contributed by atoms with Crippen molar-refractivity contribution < 1.29 is 0 Å². The van der Waals surface area contributed by atoms with Gasteiger partial charge in [0.05, 0.1) is 0 Å². The van der Waals surface area contributed by atoms with Gasteiger partial charge in [-0.1, -0.05) is 13.3 Å². The standard InChI is InChI=1S/C14H25N/c1-3-12-5-10-4-11-6-13(12)9-14(7-10,8-11)15-2/h10-13,15H,3-9H2,1-2H3. The lowest BCUT2D eigenvalue weighted by atomic mass is 9.62. The molecule has 0 amide bonds. The Balaban J connectivity index is 1.90. The molecule has 0 aromatic heterocycles.